The highest BCUT2D eigenvalue weighted by Crippen LogP contribution is 2.22. The number of furan rings is 1. The summed E-state index contributed by atoms with van der Waals surface area (Å²) in [6.45, 7) is 4.22. The van der Waals surface area contributed by atoms with Crippen LogP contribution in [0.25, 0.3) is 11.1 Å². The Morgan fingerprint density at radius 2 is 2.25 bits per heavy atom. The van der Waals surface area contributed by atoms with Gasteiger partial charge >= 0.3 is 0 Å². The number of pyridine rings is 1. The van der Waals surface area contributed by atoms with Crippen LogP contribution in [-0.2, 0) is 0 Å². The van der Waals surface area contributed by atoms with Crippen molar-refractivity contribution in [3.05, 3.63) is 30.2 Å². The summed E-state index contributed by atoms with van der Waals surface area (Å²) in [7, 11) is 0. The molecule has 2 heterocycles. The molecular formula is C10H11NO. The maximum Gasteiger partial charge on any atom is 0.226 e. The number of fused-ring (bicyclic) bond motifs is 1. The first-order chi connectivity index (χ1) is 5.77. The minimum absolute atomic E-state index is 0.430. The molecule has 0 amide bonds. The third kappa shape index (κ3) is 1.09. The van der Waals surface area contributed by atoms with Crippen LogP contribution >= 0.6 is 0 Å². The molecule has 62 valence electrons. The molecule has 2 nitrogen and oxygen atoms in total. The van der Waals surface area contributed by atoms with Crippen LogP contribution < -0.4 is 0 Å². The first-order valence-electron chi connectivity index (χ1n) is 4.12. The van der Waals surface area contributed by atoms with Gasteiger partial charge in [0.2, 0.25) is 5.71 Å². The first kappa shape index (κ1) is 7.35. The van der Waals surface area contributed by atoms with Gasteiger partial charge in [0.05, 0.1) is 0 Å². The Hall–Kier alpha value is -1.31. The molecule has 0 fully saturated rings. The monoisotopic (exact) mass is 161 g/mol. The molecular weight excluding hydrogens is 150 g/mol. The van der Waals surface area contributed by atoms with E-state index in [2.05, 4.69) is 18.8 Å². The quantitative estimate of drug-likeness (QED) is 0.642. The molecule has 0 radical (unpaired) electrons. The fraction of sp³-hybridized carbons (Fsp3) is 0.300. The van der Waals surface area contributed by atoms with Crippen molar-refractivity contribution in [2.45, 2.75) is 19.8 Å². The lowest BCUT2D eigenvalue weighted by atomic mass is 10.1. The van der Waals surface area contributed by atoms with E-state index in [1.807, 2.05) is 18.2 Å². The van der Waals surface area contributed by atoms with Crippen molar-refractivity contribution >= 4 is 11.1 Å². The zero-order chi connectivity index (χ0) is 8.55. The third-order valence-corrected chi connectivity index (χ3v) is 1.88. The van der Waals surface area contributed by atoms with E-state index in [4.69, 9.17) is 4.42 Å². The van der Waals surface area contributed by atoms with E-state index < -0.39 is 0 Å². The summed E-state index contributed by atoms with van der Waals surface area (Å²) >= 11 is 0. The second-order valence-electron chi connectivity index (χ2n) is 3.20. The van der Waals surface area contributed by atoms with E-state index in [9.17, 15) is 0 Å². The molecule has 0 saturated carbocycles. The van der Waals surface area contributed by atoms with Crippen LogP contribution in [0, 0.1) is 0 Å². The molecule has 2 aromatic heterocycles. The van der Waals surface area contributed by atoms with Gasteiger partial charge in [-0.25, -0.2) is 4.98 Å². The minimum atomic E-state index is 0.430. The lowest BCUT2D eigenvalue weighted by Crippen LogP contribution is -1.79. The number of rotatable bonds is 1. The summed E-state index contributed by atoms with van der Waals surface area (Å²) in [5.41, 5.74) is 0.737. The summed E-state index contributed by atoms with van der Waals surface area (Å²) in [4.78, 5) is 4.12. The first-order valence-corrected chi connectivity index (χ1v) is 4.12. The summed E-state index contributed by atoms with van der Waals surface area (Å²) in [5, 5.41) is 1.08. The molecule has 0 aliphatic rings. The Morgan fingerprint density at radius 3 is 2.92 bits per heavy atom. The SMILES string of the molecule is CC(C)c1cc2cccnc2o1. The van der Waals surface area contributed by atoms with E-state index in [0.717, 1.165) is 16.9 Å². The van der Waals surface area contributed by atoms with Gasteiger partial charge < -0.3 is 4.42 Å². The zero-order valence-electron chi connectivity index (χ0n) is 7.24. The van der Waals surface area contributed by atoms with E-state index in [1.54, 1.807) is 6.20 Å². The molecule has 0 aliphatic carbocycles. The van der Waals surface area contributed by atoms with Gasteiger partial charge in [-0.1, -0.05) is 13.8 Å². The molecule has 0 saturated heterocycles. The highest BCUT2D eigenvalue weighted by atomic mass is 16.3. The standard InChI is InChI=1S/C10H11NO/c1-7(2)9-6-8-4-3-5-11-10(8)12-9/h3-7H,1-2H3. The van der Waals surface area contributed by atoms with Crippen LogP contribution in [0.3, 0.4) is 0 Å². The van der Waals surface area contributed by atoms with E-state index in [0.29, 0.717) is 5.92 Å². The number of aromatic nitrogens is 1. The second kappa shape index (κ2) is 2.63. The molecule has 0 aromatic carbocycles. The van der Waals surface area contributed by atoms with Crippen molar-refractivity contribution < 1.29 is 4.42 Å². The highest BCUT2D eigenvalue weighted by molar-refractivity contribution is 5.73. The molecule has 2 rings (SSSR count). The summed E-state index contributed by atoms with van der Waals surface area (Å²) in [6, 6.07) is 5.98. The van der Waals surface area contributed by atoms with Gasteiger partial charge in [-0.3, -0.25) is 0 Å². The lowest BCUT2D eigenvalue weighted by Gasteiger charge is -1.95. The average molecular weight is 161 g/mol. The molecule has 2 heteroatoms. The van der Waals surface area contributed by atoms with Gasteiger partial charge in [-0.05, 0) is 18.2 Å². The predicted molar refractivity (Wildman–Crippen MR) is 48.1 cm³/mol. The van der Waals surface area contributed by atoms with Crippen molar-refractivity contribution in [2.75, 3.05) is 0 Å². The van der Waals surface area contributed by atoms with Crippen molar-refractivity contribution in [1.29, 1.82) is 0 Å². The van der Waals surface area contributed by atoms with Gasteiger partial charge in [-0.15, -0.1) is 0 Å². The molecule has 0 N–H and O–H groups in total. The zero-order valence-corrected chi connectivity index (χ0v) is 7.24. The van der Waals surface area contributed by atoms with Crippen LogP contribution in [0.2, 0.25) is 0 Å². The number of hydrogen-bond donors (Lipinski definition) is 0. The lowest BCUT2D eigenvalue weighted by molar-refractivity contribution is 0.514. The average Bonchev–Trinajstić information content (AvgIpc) is 2.46. The van der Waals surface area contributed by atoms with Crippen molar-refractivity contribution in [3.8, 4) is 0 Å². The fourth-order valence-corrected chi connectivity index (χ4v) is 1.18. The summed E-state index contributed by atoms with van der Waals surface area (Å²) in [6.07, 6.45) is 1.75. The third-order valence-electron chi connectivity index (χ3n) is 1.88. The fourth-order valence-electron chi connectivity index (χ4n) is 1.18. The smallest absolute Gasteiger partial charge is 0.226 e. The maximum atomic E-state index is 5.52. The largest absolute Gasteiger partial charge is 0.443 e. The van der Waals surface area contributed by atoms with Crippen molar-refractivity contribution in [3.63, 3.8) is 0 Å². The Labute approximate surface area is 71.2 Å². The van der Waals surface area contributed by atoms with Gasteiger partial charge in [-0.2, -0.15) is 0 Å². The highest BCUT2D eigenvalue weighted by Gasteiger charge is 2.06. The number of nitrogens with zero attached hydrogens (tertiary/aromatic N) is 1. The van der Waals surface area contributed by atoms with E-state index >= 15 is 0 Å². The van der Waals surface area contributed by atoms with Crippen LogP contribution in [0.4, 0.5) is 0 Å². The van der Waals surface area contributed by atoms with Crippen LogP contribution in [0.5, 0.6) is 0 Å². The maximum absolute atomic E-state index is 5.52. The van der Waals surface area contributed by atoms with Crippen molar-refractivity contribution in [1.82, 2.24) is 4.98 Å². The van der Waals surface area contributed by atoms with E-state index in [1.165, 1.54) is 0 Å². The second-order valence-corrected chi connectivity index (χ2v) is 3.20. The molecule has 2 aromatic rings. The van der Waals surface area contributed by atoms with Crippen molar-refractivity contribution in [2.24, 2.45) is 0 Å². The molecule has 0 atom stereocenters. The summed E-state index contributed by atoms with van der Waals surface area (Å²) in [5.74, 6) is 1.43. The van der Waals surface area contributed by atoms with Gasteiger partial charge in [0.15, 0.2) is 0 Å². The Morgan fingerprint density at radius 1 is 1.42 bits per heavy atom. The molecule has 0 spiro atoms. The van der Waals surface area contributed by atoms with Crippen LogP contribution in [0.15, 0.2) is 28.8 Å². The van der Waals surface area contributed by atoms with Gasteiger partial charge in [0.1, 0.15) is 5.76 Å². The molecule has 0 bridgehead atoms. The normalized spacial score (nSPS) is 11.2. The number of hydrogen-bond acceptors (Lipinski definition) is 2. The van der Waals surface area contributed by atoms with Gasteiger partial charge in [0.25, 0.3) is 0 Å². The predicted octanol–water partition coefficient (Wildman–Crippen LogP) is 2.95. The molecule has 0 aliphatic heterocycles. The Kier molecular flexibility index (Phi) is 1.61. The minimum Gasteiger partial charge on any atom is -0.443 e. The topological polar surface area (TPSA) is 26.0 Å². The Bertz CT molecular complexity index is 356. The summed E-state index contributed by atoms with van der Waals surface area (Å²) < 4.78 is 5.52. The molecule has 0 unspecified atom stereocenters. The van der Waals surface area contributed by atoms with Gasteiger partial charge in [0, 0.05) is 17.5 Å². The Balaban J connectivity index is 2.62. The molecule has 12 heavy (non-hydrogen) atoms. The van der Waals surface area contributed by atoms with Crippen LogP contribution in [-0.4, -0.2) is 4.98 Å². The van der Waals surface area contributed by atoms with E-state index in [-0.39, 0.29) is 0 Å². The van der Waals surface area contributed by atoms with Crippen LogP contribution in [0.1, 0.15) is 25.5 Å².